The highest BCUT2D eigenvalue weighted by atomic mass is 32.1. The van der Waals surface area contributed by atoms with Gasteiger partial charge in [0.25, 0.3) is 0 Å². The molecule has 0 radical (unpaired) electrons. The van der Waals surface area contributed by atoms with Gasteiger partial charge in [0.2, 0.25) is 0 Å². The minimum absolute atomic E-state index is 0.00646. The number of aromatic nitrogens is 2. The second kappa shape index (κ2) is 10.4. The van der Waals surface area contributed by atoms with Crippen LogP contribution < -0.4 is 10.6 Å². The molecule has 0 saturated carbocycles. The summed E-state index contributed by atoms with van der Waals surface area (Å²) in [6.07, 6.45) is 4.93. The lowest BCUT2D eigenvalue weighted by Gasteiger charge is -2.29. The van der Waals surface area contributed by atoms with E-state index in [4.69, 9.17) is 17.0 Å². The Morgan fingerprint density at radius 3 is 2.68 bits per heavy atom. The number of thiocarbonyl (C=S) groups is 1. The Labute approximate surface area is 189 Å². The molecule has 6 nitrogen and oxygen atoms in total. The van der Waals surface area contributed by atoms with Gasteiger partial charge in [-0.1, -0.05) is 24.3 Å². The molecule has 0 aliphatic carbocycles. The molecule has 162 valence electrons. The molecule has 2 N–H and O–H groups in total. The van der Waals surface area contributed by atoms with Crippen molar-refractivity contribution >= 4 is 23.0 Å². The fourth-order valence-electron chi connectivity index (χ4n) is 4.10. The summed E-state index contributed by atoms with van der Waals surface area (Å²) in [5, 5.41) is 7.80. The minimum atomic E-state index is 0.00646. The summed E-state index contributed by atoms with van der Waals surface area (Å²) >= 11 is 5.78. The summed E-state index contributed by atoms with van der Waals surface area (Å²) in [6.45, 7) is 3.21. The molecule has 0 spiro atoms. The van der Waals surface area contributed by atoms with Crippen LogP contribution in [0.15, 0.2) is 73.1 Å². The Kier molecular flexibility index (Phi) is 7.17. The van der Waals surface area contributed by atoms with Gasteiger partial charge in [0, 0.05) is 50.5 Å². The van der Waals surface area contributed by atoms with E-state index in [1.165, 1.54) is 5.69 Å². The molecule has 3 aromatic rings. The van der Waals surface area contributed by atoms with Crippen molar-refractivity contribution in [3.63, 3.8) is 0 Å². The number of benzene rings is 1. The van der Waals surface area contributed by atoms with E-state index in [0.29, 0.717) is 6.61 Å². The third-order valence-electron chi connectivity index (χ3n) is 5.58. The summed E-state index contributed by atoms with van der Waals surface area (Å²) in [7, 11) is 1.73. The topological polar surface area (TPSA) is 54.4 Å². The number of hydrogen-bond donors (Lipinski definition) is 2. The van der Waals surface area contributed by atoms with E-state index in [9.17, 15) is 0 Å². The molecule has 1 fully saturated rings. The van der Waals surface area contributed by atoms with Crippen molar-refractivity contribution in [2.24, 2.45) is 0 Å². The number of para-hydroxylation sites is 1. The maximum absolute atomic E-state index is 5.78. The Balaban J connectivity index is 1.52. The largest absolute Gasteiger partial charge is 0.385 e. The van der Waals surface area contributed by atoms with Gasteiger partial charge in [-0.15, -0.1) is 0 Å². The summed E-state index contributed by atoms with van der Waals surface area (Å²) in [5.74, 6) is 0. The van der Waals surface area contributed by atoms with Crippen LogP contribution in [0, 0.1) is 0 Å². The number of anilines is 1. The van der Waals surface area contributed by atoms with E-state index in [2.05, 4.69) is 61.6 Å². The predicted molar refractivity (Wildman–Crippen MR) is 128 cm³/mol. The number of pyridine rings is 1. The second-order valence-electron chi connectivity index (χ2n) is 7.59. The molecule has 4 rings (SSSR count). The van der Waals surface area contributed by atoms with Crippen LogP contribution in [0.25, 0.3) is 0 Å². The second-order valence-corrected chi connectivity index (χ2v) is 7.97. The number of nitrogens with one attached hydrogen (secondary N) is 2. The molecule has 1 saturated heterocycles. The van der Waals surface area contributed by atoms with Crippen LogP contribution in [0.3, 0.4) is 0 Å². The maximum atomic E-state index is 5.78. The highest BCUT2D eigenvalue weighted by molar-refractivity contribution is 7.80. The van der Waals surface area contributed by atoms with Crippen molar-refractivity contribution < 1.29 is 4.74 Å². The van der Waals surface area contributed by atoms with Crippen LogP contribution in [0.4, 0.5) is 5.69 Å². The average molecular weight is 436 g/mol. The zero-order chi connectivity index (χ0) is 21.5. The average Bonchev–Trinajstić information content (AvgIpc) is 3.40. The third-order valence-corrected chi connectivity index (χ3v) is 5.93. The van der Waals surface area contributed by atoms with Gasteiger partial charge in [-0.2, -0.15) is 0 Å². The molecule has 0 bridgehead atoms. The van der Waals surface area contributed by atoms with Crippen molar-refractivity contribution in [1.29, 1.82) is 0 Å². The van der Waals surface area contributed by atoms with E-state index >= 15 is 0 Å². The van der Waals surface area contributed by atoms with Gasteiger partial charge in [-0.3, -0.25) is 4.98 Å². The summed E-state index contributed by atoms with van der Waals surface area (Å²) < 4.78 is 7.58. The smallest absolute Gasteiger partial charge is 0.170 e. The van der Waals surface area contributed by atoms with Gasteiger partial charge in [-0.05, 0) is 55.0 Å². The Morgan fingerprint density at radius 1 is 1.06 bits per heavy atom. The van der Waals surface area contributed by atoms with Gasteiger partial charge in [-0.25, -0.2) is 0 Å². The molecule has 0 amide bonds. The molecular weight excluding hydrogens is 406 g/mol. The van der Waals surface area contributed by atoms with E-state index in [1.54, 1.807) is 7.11 Å². The molecule has 2 atom stereocenters. The first kappa shape index (κ1) is 21.3. The van der Waals surface area contributed by atoms with E-state index in [0.717, 1.165) is 42.5 Å². The van der Waals surface area contributed by atoms with Crippen LogP contribution in [-0.4, -0.2) is 46.4 Å². The molecule has 3 heterocycles. The van der Waals surface area contributed by atoms with Gasteiger partial charge in [0.05, 0.1) is 24.4 Å². The van der Waals surface area contributed by atoms with Gasteiger partial charge in [0.1, 0.15) is 0 Å². The summed E-state index contributed by atoms with van der Waals surface area (Å²) in [6, 6.07) is 20.7. The highest BCUT2D eigenvalue weighted by Gasteiger charge is 2.40. The third kappa shape index (κ3) is 5.06. The zero-order valence-corrected chi connectivity index (χ0v) is 18.6. The fraction of sp³-hybridized carbons (Fsp3) is 0.333. The first-order valence-corrected chi connectivity index (χ1v) is 11.1. The number of nitrogens with zero attached hydrogens (tertiary/aromatic N) is 3. The zero-order valence-electron chi connectivity index (χ0n) is 17.8. The number of methoxy groups -OCH3 is 1. The lowest BCUT2D eigenvalue weighted by molar-refractivity contribution is 0.184. The van der Waals surface area contributed by atoms with Crippen molar-refractivity contribution in [1.82, 2.24) is 19.8 Å². The quantitative estimate of drug-likeness (QED) is 0.371. The van der Waals surface area contributed by atoms with Gasteiger partial charge in [0.15, 0.2) is 5.11 Å². The fourth-order valence-corrected chi connectivity index (χ4v) is 4.43. The van der Waals surface area contributed by atoms with Crippen molar-refractivity contribution in [2.45, 2.75) is 25.0 Å². The monoisotopic (exact) mass is 435 g/mol. The van der Waals surface area contributed by atoms with Crippen LogP contribution >= 0.6 is 12.2 Å². The molecule has 31 heavy (non-hydrogen) atoms. The molecule has 1 aromatic carbocycles. The van der Waals surface area contributed by atoms with Crippen LogP contribution in [-0.2, 0) is 11.3 Å². The Bertz CT molecular complexity index is 962. The first-order chi connectivity index (χ1) is 15.3. The lowest BCUT2D eigenvalue weighted by Crippen LogP contribution is -2.32. The van der Waals surface area contributed by atoms with Crippen LogP contribution in [0.2, 0.25) is 0 Å². The molecule has 1 aliphatic heterocycles. The van der Waals surface area contributed by atoms with E-state index < -0.39 is 0 Å². The standard InChI is InChI=1S/C24H29N5OS/c1-30-18-17-28-15-7-12-21(28)23-22(20-11-5-6-13-26-20)27-24(31)29(23)16-8-14-25-19-9-3-2-4-10-19/h2-7,9-13,15,22-23,25H,8,14,16-18H2,1H3,(H,27,31)/t22-,23-/m1/s1. The van der Waals surface area contributed by atoms with E-state index in [-0.39, 0.29) is 12.1 Å². The van der Waals surface area contributed by atoms with E-state index in [1.807, 2.05) is 36.5 Å². The Morgan fingerprint density at radius 2 is 1.90 bits per heavy atom. The molecule has 2 aromatic heterocycles. The lowest BCUT2D eigenvalue weighted by atomic mass is 10.0. The SMILES string of the molecule is COCCn1cccc1[C@@H]1[C@@H](c2ccccn2)NC(=S)N1CCCNc1ccccc1. The number of hydrogen-bond acceptors (Lipinski definition) is 4. The Hall–Kier alpha value is -2.90. The maximum Gasteiger partial charge on any atom is 0.170 e. The molecule has 7 heteroatoms. The molecule has 1 aliphatic rings. The highest BCUT2D eigenvalue weighted by Crippen LogP contribution is 2.38. The number of ether oxygens (including phenoxy) is 1. The van der Waals surface area contributed by atoms with Crippen LogP contribution in [0.5, 0.6) is 0 Å². The van der Waals surface area contributed by atoms with Crippen molar-refractivity contribution in [3.8, 4) is 0 Å². The summed E-state index contributed by atoms with van der Waals surface area (Å²) in [5.41, 5.74) is 3.36. The minimum Gasteiger partial charge on any atom is -0.385 e. The number of rotatable bonds is 10. The normalized spacial score (nSPS) is 18.2. The van der Waals surface area contributed by atoms with Crippen LogP contribution in [0.1, 0.15) is 29.9 Å². The first-order valence-electron chi connectivity index (χ1n) is 10.7. The van der Waals surface area contributed by atoms with Crippen molar-refractivity contribution in [3.05, 3.63) is 84.4 Å². The van der Waals surface area contributed by atoms with Gasteiger partial charge >= 0.3 is 0 Å². The van der Waals surface area contributed by atoms with Crippen molar-refractivity contribution in [2.75, 3.05) is 32.1 Å². The molecule has 0 unspecified atom stereocenters. The predicted octanol–water partition coefficient (Wildman–Crippen LogP) is 4.00. The molecular formula is C24H29N5OS. The summed E-state index contributed by atoms with van der Waals surface area (Å²) in [4.78, 5) is 6.93. The van der Waals surface area contributed by atoms with Gasteiger partial charge < -0.3 is 24.8 Å².